The van der Waals surface area contributed by atoms with Gasteiger partial charge in [0.25, 0.3) is 0 Å². The Morgan fingerprint density at radius 2 is 1.46 bits per heavy atom. The van der Waals surface area contributed by atoms with Crippen LogP contribution in [0.5, 0.6) is 5.75 Å². The highest BCUT2D eigenvalue weighted by molar-refractivity contribution is 6.62. The second kappa shape index (κ2) is 10.5. The van der Waals surface area contributed by atoms with E-state index in [2.05, 4.69) is 19.1 Å². The van der Waals surface area contributed by atoms with Crippen molar-refractivity contribution in [3.63, 3.8) is 0 Å². The van der Waals surface area contributed by atoms with Crippen LogP contribution < -0.4 is 10.2 Å². The van der Waals surface area contributed by atoms with Crippen LogP contribution in [0.3, 0.4) is 0 Å². The molecule has 1 saturated carbocycles. The molecule has 0 unspecified atom stereocenters. The Morgan fingerprint density at radius 1 is 0.857 bits per heavy atom. The van der Waals surface area contributed by atoms with E-state index in [9.17, 15) is 4.79 Å². The third-order valence-electron chi connectivity index (χ3n) is 8.42. The number of carbonyl (C=O) groups excluding carboxylic acids is 1. The maximum absolute atomic E-state index is 12.8. The Hall–Kier alpha value is -2.11. The van der Waals surface area contributed by atoms with Crippen LogP contribution in [0.4, 0.5) is 0 Å². The number of rotatable bonds is 8. The van der Waals surface area contributed by atoms with Gasteiger partial charge in [0.05, 0.1) is 16.8 Å². The summed E-state index contributed by atoms with van der Waals surface area (Å²) in [6.07, 6.45) is 11.6. The smallest absolute Gasteiger partial charge is 0.423 e. The minimum Gasteiger partial charge on any atom is -0.423 e. The number of esters is 1. The van der Waals surface area contributed by atoms with Gasteiger partial charge in [-0.3, -0.25) is 0 Å². The maximum atomic E-state index is 12.8. The first kappa shape index (κ1) is 26.0. The molecule has 1 saturated heterocycles. The molecule has 0 N–H and O–H groups in total. The van der Waals surface area contributed by atoms with Gasteiger partial charge in [0.1, 0.15) is 5.75 Å². The molecule has 0 radical (unpaired) electrons. The first-order valence-electron chi connectivity index (χ1n) is 13.4. The number of carbonyl (C=O) groups is 1. The summed E-state index contributed by atoms with van der Waals surface area (Å²) in [5.74, 6) is 0.238. The molecule has 0 amide bonds. The number of benzene rings is 2. The Morgan fingerprint density at radius 3 is 2.03 bits per heavy atom. The van der Waals surface area contributed by atoms with Crippen LogP contribution in [-0.2, 0) is 14.7 Å². The van der Waals surface area contributed by atoms with E-state index in [1.165, 1.54) is 63.4 Å². The number of ether oxygens (including phenoxy) is 1. The molecule has 4 rings (SSSR count). The normalized spacial score (nSPS) is 20.5. The Balaban J connectivity index is 1.40. The molecule has 4 nitrogen and oxygen atoms in total. The van der Waals surface area contributed by atoms with Gasteiger partial charge in [0.2, 0.25) is 0 Å². The highest BCUT2D eigenvalue weighted by Crippen LogP contribution is 2.44. The van der Waals surface area contributed by atoms with Crippen molar-refractivity contribution in [3.05, 3.63) is 59.7 Å². The Bertz CT molecular complexity index is 972. The summed E-state index contributed by atoms with van der Waals surface area (Å²) >= 11 is 0. The molecule has 5 heteroatoms. The van der Waals surface area contributed by atoms with E-state index in [1.54, 1.807) is 12.1 Å². The fourth-order valence-corrected chi connectivity index (χ4v) is 5.42. The fourth-order valence-electron chi connectivity index (χ4n) is 5.42. The molecule has 1 aliphatic carbocycles. The molecule has 1 aliphatic heterocycles. The SMILES string of the molecule is CCCCCC1(c2ccc(OC(=O)c3ccc(B4OC(C)(C)C(C)(C)O4)cc3)cc2)CCCCC1. The van der Waals surface area contributed by atoms with Crippen molar-refractivity contribution in [2.24, 2.45) is 0 Å². The van der Waals surface area contributed by atoms with Gasteiger partial charge in [-0.1, -0.05) is 69.7 Å². The lowest BCUT2D eigenvalue weighted by Gasteiger charge is -2.38. The molecule has 35 heavy (non-hydrogen) atoms. The van der Waals surface area contributed by atoms with E-state index in [0.717, 1.165) is 5.46 Å². The van der Waals surface area contributed by atoms with Gasteiger partial charge in [-0.15, -0.1) is 0 Å². The maximum Gasteiger partial charge on any atom is 0.494 e. The lowest BCUT2D eigenvalue weighted by Crippen LogP contribution is -2.41. The van der Waals surface area contributed by atoms with Gasteiger partial charge in [-0.05, 0) is 87.7 Å². The highest BCUT2D eigenvalue weighted by atomic mass is 16.7. The quantitative estimate of drug-likeness (QED) is 0.178. The van der Waals surface area contributed by atoms with Crippen LogP contribution in [0.2, 0.25) is 0 Å². The van der Waals surface area contributed by atoms with Crippen LogP contribution in [0.1, 0.15) is 108 Å². The Labute approximate surface area is 211 Å². The average Bonchev–Trinajstić information content (AvgIpc) is 3.07. The average molecular weight is 476 g/mol. The molecule has 188 valence electrons. The first-order chi connectivity index (χ1) is 16.7. The van der Waals surface area contributed by atoms with Crippen LogP contribution in [0.15, 0.2) is 48.5 Å². The van der Waals surface area contributed by atoms with Gasteiger partial charge >= 0.3 is 13.1 Å². The third kappa shape index (κ3) is 5.67. The van der Waals surface area contributed by atoms with E-state index in [4.69, 9.17) is 14.0 Å². The molecule has 2 aliphatic rings. The standard InChI is InChI=1S/C30H41BO4/c1-6-7-9-20-30(21-10-8-11-22-30)24-14-18-26(19-15-24)33-27(32)23-12-16-25(17-13-23)31-34-28(2,3)29(4,5)35-31/h12-19H,6-11,20-22H2,1-5H3. The molecule has 1 heterocycles. The van der Waals surface area contributed by atoms with E-state index in [-0.39, 0.29) is 5.97 Å². The van der Waals surface area contributed by atoms with Crippen molar-refractivity contribution in [1.29, 1.82) is 0 Å². The van der Waals surface area contributed by atoms with Crippen molar-refractivity contribution in [2.75, 3.05) is 0 Å². The minimum atomic E-state index is -0.443. The monoisotopic (exact) mass is 476 g/mol. The molecule has 2 aromatic carbocycles. The molecule has 2 fully saturated rings. The topological polar surface area (TPSA) is 44.8 Å². The van der Waals surface area contributed by atoms with Crippen LogP contribution >= 0.6 is 0 Å². The van der Waals surface area contributed by atoms with Gasteiger partial charge < -0.3 is 14.0 Å². The summed E-state index contributed by atoms with van der Waals surface area (Å²) in [6.45, 7) is 10.4. The fraction of sp³-hybridized carbons (Fsp3) is 0.567. The summed E-state index contributed by atoms with van der Waals surface area (Å²) in [4.78, 5) is 12.8. The molecular formula is C30H41BO4. The summed E-state index contributed by atoms with van der Waals surface area (Å²) in [6, 6.07) is 15.6. The molecular weight excluding hydrogens is 435 g/mol. The van der Waals surface area contributed by atoms with Crippen molar-refractivity contribution in [1.82, 2.24) is 0 Å². The second-order valence-electron chi connectivity index (χ2n) is 11.4. The summed E-state index contributed by atoms with van der Waals surface area (Å²) in [5.41, 5.74) is 2.31. The molecule has 0 spiro atoms. The molecule has 2 aromatic rings. The molecule has 0 aromatic heterocycles. The zero-order chi connectivity index (χ0) is 25.1. The number of unbranched alkanes of at least 4 members (excludes halogenated alkanes) is 2. The second-order valence-corrected chi connectivity index (χ2v) is 11.4. The third-order valence-corrected chi connectivity index (χ3v) is 8.42. The van der Waals surface area contributed by atoms with E-state index in [1.807, 2.05) is 52.0 Å². The van der Waals surface area contributed by atoms with Crippen molar-refractivity contribution in [2.45, 2.75) is 109 Å². The lowest BCUT2D eigenvalue weighted by atomic mass is 9.66. The number of hydrogen-bond donors (Lipinski definition) is 0. The van der Waals surface area contributed by atoms with Gasteiger partial charge in [-0.2, -0.15) is 0 Å². The molecule has 0 atom stereocenters. The van der Waals surface area contributed by atoms with Gasteiger partial charge in [-0.25, -0.2) is 4.79 Å². The van der Waals surface area contributed by atoms with Crippen molar-refractivity contribution >= 4 is 18.6 Å². The summed E-state index contributed by atoms with van der Waals surface area (Å²) in [7, 11) is -0.443. The predicted octanol–water partition coefficient (Wildman–Crippen LogP) is 6.99. The van der Waals surface area contributed by atoms with Crippen LogP contribution in [0.25, 0.3) is 0 Å². The molecule has 0 bridgehead atoms. The van der Waals surface area contributed by atoms with E-state index >= 15 is 0 Å². The van der Waals surface area contributed by atoms with E-state index < -0.39 is 18.3 Å². The zero-order valence-electron chi connectivity index (χ0n) is 22.2. The van der Waals surface area contributed by atoms with Crippen LogP contribution in [0, 0.1) is 0 Å². The van der Waals surface area contributed by atoms with Gasteiger partial charge in [0.15, 0.2) is 0 Å². The Kier molecular flexibility index (Phi) is 7.78. The predicted molar refractivity (Wildman–Crippen MR) is 142 cm³/mol. The lowest BCUT2D eigenvalue weighted by molar-refractivity contribution is 0.00578. The summed E-state index contributed by atoms with van der Waals surface area (Å²) < 4.78 is 17.9. The zero-order valence-corrected chi connectivity index (χ0v) is 22.2. The first-order valence-corrected chi connectivity index (χ1v) is 13.4. The summed E-state index contributed by atoms with van der Waals surface area (Å²) in [5, 5.41) is 0. The minimum absolute atomic E-state index is 0.291. The number of hydrogen-bond acceptors (Lipinski definition) is 4. The van der Waals surface area contributed by atoms with Crippen molar-refractivity contribution < 1.29 is 18.8 Å². The van der Waals surface area contributed by atoms with Crippen molar-refractivity contribution in [3.8, 4) is 5.75 Å². The largest absolute Gasteiger partial charge is 0.494 e. The highest BCUT2D eigenvalue weighted by Gasteiger charge is 2.51. The van der Waals surface area contributed by atoms with Crippen LogP contribution in [-0.4, -0.2) is 24.3 Å². The van der Waals surface area contributed by atoms with E-state index in [0.29, 0.717) is 16.7 Å². The van der Waals surface area contributed by atoms with Gasteiger partial charge in [0, 0.05) is 0 Å².